The number of hydrogen-bond donors (Lipinski definition) is 1. The van der Waals surface area contributed by atoms with E-state index in [1.54, 1.807) is 0 Å². The molecule has 0 bridgehead atoms. The Kier molecular flexibility index (Phi) is 6.74. The van der Waals surface area contributed by atoms with Crippen LogP contribution in [-0.2, 0) is 0 Å². The monoisotopic (exact) mass is 209 g/mol. The number of allylic oxidation sites excluding steroid dienone is 1. The highest BCUT2D eigenvalue weighted by atomic mass is 14.9. The van der Waals surface area contributed by atoms with E-state index < -0.39 is 0 Å². The van der Waals surface area contributed by atoms with Crippen molar-refractivity contribution >= 4 is 0 Å². The molecule has 1 aliphatic carbocycles. The van der Waals surface area contributed by atoms with Crippen LogP contribution >= 0.6 is 0 Å². The molecule has 88 valence electrons. The first-order valence-electron chi connectivity index (χ1n) is 6.66. The summed E-state index contributed by atoms with van der Waals surface area (Å²) in [5.74, 6) is 0.912. The zero-order chi connectivity index (χ0) is 10.9. The van der Waals surface area contributed by atoms with Crippen LogP contribution in [0.15, 0.2) is 12.7 Å². The average molecular weight is 209 g/mol. The van der Waals surface area contributed by atoms with E-state index in [1.807, 2.05) is 6.08 Å². The minimum atomic E-state index is 0.723. The van der Waals surface area contributed by atoms with Crippen LogP contribution in [-0.4, -0.2) is 13.1 Å². The Balaban J connectivity index is 2.36. The second-order valence-corrected chi connectivity index (χ2v) is 4.87. The average Bonchev–Trinajstić information content (AvgIpc) is 2.21. The maximum absolute atomic E-state index is 3.82. The van der Waals surface area contributed by atoms with Crippen LogP contribution in [0.3, 0.4) is 0 Å². The quantitative estimate of drug-likeness (QED) is 0.677. The number of hydrogen-bond acceptors (Lipinski definition) is 1. The molecule has 0 radical (unpaired) electrons. The van der Waals surface area contributed by atoms with Gasteiger partial charge in [-0.05, 0) is 38.6 Å². The molecule has 15 heavy (non-hydrogen) atoms. The van der Waals surface area contributed by atoms with Gasteiger partial charge in [-0.3, -0.25) is 0 Å². The molecule has 1 fully saturated rings. The highest BCUT2D eigenvalue weighted by molar-refractivity contribution is 4.80. The molecule has 1 heteroatoms. The molecule has 0 aromatic rings. The molecule has 1 aliphatic rings. The Morgan fingerprint density at radius 3 is 2.33 bits per heavy atom. The molecule has 0 spiro atoms. The molecule has 1 rings (SSSR count). The van der Waals surface area contributed by atoms with Crippen molar-refractivity contribution in [2.75, 3.05) is 7.05 Å². The van der Waals surface area contributed by atoms with Gasteiger partial charge in [0.25, 0.3) is 0 Å². The lowest BCUT2D eigenvalue weighted by molar-refractivity contribution is 0.285. The SMILES string of the molecule is C=CCCC(NC)C1CCCCCCC1. The van der Waals surface area contributed by atoms with Gasteiger partial charge >= 0.3 is 0 Å². The zero-order valence-electron chi connectivity index (χ0n) is 10.3. The van der Waals surface area contributed by atoms with Crippen LogP contribution in [0.2, 0.25) is 0 Å². The Hall–Kier alpha value is -0.300. The zero-order valence-corrected chi connectivity index (χ0v) is 10.3. The molecule has 0 saturated heterocycles. The molecular formula is C14H27N. The second-order valence-electron chi connectivity index (χ2n) is 4.87. The minimum absolute atomic E-state index is 0.723. The van der Waals surface area contributed by atoms with E-state index in [1.165, 1.54) is 51.4 Å². The van der Waals surface area contributed by atoms with Crippen molar-refractivity contribution in [2.24, 2.45) is 5.92 Å². The van der Waals surface area contributed by atoms with Gasteiger partial charge in [-0.25, -0.2) is 0 Å². The molecule has 0 heterocycles. The predicted octanol–water partition coefficient (Wildman–Crippen LogP) is 3.90. The second kappa shape index (κ2) is 7.92. The fourth-order valence-electron chi connectivity index (χ4n) is 2.80. The van der Waals surface area contributed by atoms with Gasteiger partial charge in [-0.15, -0.1) is 6.58 Å². The van der Waals surface area contributed by atoms with Crippen molar-refractivity contribution in [3.63, 3.8) is 0 Å². The molecule has 0 aliphatic heterocycles. The largest absolute Gasteiger partial charge is 0.317 e. The Bertz CT molecular complexity index is 157. The number of rotatable bonds is 5. The molecule has 0 amide bonds. The van der Waals surface area contributed by atoms with Gasteiger partial charge in [0.1, 0.15) is 0 Å². The van der Waals surface area contributed by atoms with Crippen molar-refractivity contribution in [3.8, 4) is 0 Å². The molecule has 1 unspecified atom stereocenters. The van der Waals surface area contributed by atoms with E-state index in [2.05, 4.69) is 18.9 Å². The normalized spacial score (nSPS) is 21.7. The summed E-state index contributed by atoms with van der Waals surface area (Å²) in [4.78, 5) is 0. The Morgan fingerprint density at radius 1 is 1.20 bits per heavy atom. The Morgan fingerprint density at radius 2 is 1.80 bits per heavy atom. The van der Waals surface area contributed by atoms with E-state index in [0.717, 1.165) is 18.4 Å². The number of nitrogens with one attached hydrogen (secondary N) is 1. The summed E-state index contributed by atoms with van der Waals surface area (Å²) in [6.45, 7) is 3.82. The molecule has 1 nitrogen and oxygen atoms in total. The van der Waals surface area contributed by atoms with Crippen molar-refractivity contribution in [3.05, 3.63) is 12.7 Å². The van der Waals surface area contributed by atoms with Crippen molar-refractivity contribution in [1.82, 2.24) is 5.32 Å². The van der Waals surface area contributed by atoms with Crippen LogP contribution in [0, 0.1) is 5.92 Å². The van der Waals surface area contributed by atoms with Crippen LogP contribution in [0.1, 0.15) is 57.8 Å². The lowest BCUT2D eigenvalue weighted by atomic mass is 9.84. The van der Waals surface area contributed by atoms with Gasteiger partial charge in [0, 0.05) is 6.04 Å². The summed E-state index contributed by atoms with van der Waals surface area (Å²) in [6.07, 6.45) is 14.6. The summed E-state index contributed by atoms with van der Waals surface area (Å²) in [6, 6.07) is 0.723. The summed E-state index contributed by atoms with van der Waals surface area (Å²) in [5, 5.41) is 3.51. The van der Waals surface area contributed by atoms with Crippen molar-refractivity contribution in [2.45, 2.75) is 63.8 Å². The molecule has 1 atom stereocenters. The van der Waals surface area contributed by atoms with Gasteiger partial charge in [0.2, 0.25) is 0 Å². The van der Waals surface area contributed by atoms with E-state index in [9.17, 15) is 0 Å². The highest BCUT2D eigenvalue weighted by Crippen LogP contribution is 2.26. The van der Waals surface area contributed by atoms with Crippen LogP contribution in [0.4, 0.5) is 0 Å². The topological polar surface area (TPSA) is 12.0 Å². The fraction of sp³-hybridized carbons (Fsp3) is 0.857. The summed E-state index contributed by atoms with van der Waals surface area (Å²) >= 11 is 0. The lowest BCUT2D eigenvalue weighted by Crippen LogP contribution is -2.33. The molecular weight excluding hydrogens is 182 g/mol. The summed E-state index contributed by atoms with van der Waals surface area (Å²) in [7, 11) is 2.12. The third kappa shape index (κ3) is 4.83. The lowest BCUT2D eigenvalue weighted by Gasteiger charge is -2.28. The van der Waals surface area contributed by atoms with Crippen LogP contribution < -0.4 is 5.32 Å². The van der Waals surface area contributed by atoms with Gasteiger partial charge in [0.05, 0.1) is 0 Å². The first kappa shape index (κ1) is 12.8. The highest BCUT2D eigenvalue weighted by Gasteiger charge is 2.19. The maximum Gasteiger partial charge on any atom is 0.00952 e. The third-order valence-corrected chi connectivity index (χ3v) is 3.77. The minimum Gasteiger partial charge on any atom is -0.317 e. The van der Waals surface area contributed by atoms with Crippen molar-refractivity contribution < 1.29 is 0 Å². The van der Waals surface area contributed by atoms with Crippen molar-refractivity contribution in [1.29, 1.82) is 0 Å². The molecule has 1 saturated carbocycles. The van der Waals surface area contributed by atoms with Crippen LogP contribution in [0.25, 0.3) is 0 Å². The van der Waals surface area contributed by atoms with Gasteiger partial charge < -0.3 is 5.32 Å². The third-order valence-electron chi connectivity index (χ3n) is 3.77. The molecule has 1 N–H and O–H groups in total. The first-order valence-corrected chi connectivity index (χ1v) is 6.66. The fourth-order valence-corrected chi connectivity index (χ4v) is 2.80. The van der Waals surface area contributed by atoms with E-state index in [-0.39, 0.29) is 0 Å². The van der Waals surface area contributed by atoms with Gasteiger partial charge in [0.15, 0.2) is 0 Å². The first-order chi connectivity index (χ1) is 7.38. The van der Waals surface area contributed by atoms with Gasteiger partial charge in [-0.1, -0.05) is 38.2 Å². The van der Waals surface area contributed by atoms with Gasteiger partial charge in [-0.2, -0.15) is 0 Å². The summed E-state index contributed by atoms with van der Waals surface area (Å²) < 4.78 is 0. The Labute approximate surface area is 95.3 Å². The van der Waals surface area contributed by atoms with Crippen LogP contribution in [0.5, 0.6) is 0 Å². The standard InChI is InChI=1S/C14H27N/c1-3-4-12-14(15-2)13-10-8-6-5-7-9-11-13/h3,13-15H,1,4-12H2,2H3. The van der Waals surface area contributed by atoms with E-state index in [4.69, 9.17) is 0 Å². The predicted molar refractivity (Wildman–Crippen MR) is 68.1 cm³/mol. The molecule has 0 aromatic carbocycles. The summed E-state index contributed by atoms with van der Waals surface area (Å²) in [5.41, 5.74) is 0. The smallest absolute Gasteiger partial charge is 0.00952 e. The van der Waals surface area contributed by atoms with E-state index >= 15 is 0 Å². The molecule has 0 aromatic heterocycles. The van der Waals surface area contributed by atoms with E-state index in [0.29, 0.717) is 0 Å². The maximum atomic E-state index is 3.82.